The standard InChI is InChI=1S/C13H13ClN4O/c1-18(10-4-6-16-7-5-10)13(19)11-8-9(14)2-3-12(11)17-15/h2-8,17H,15H2,1H3. The van der Waals surface area contributed by atoms with Crippen molar-refractivity contribution >= 4 is 28.9 Å². The first kappa shape index (κ1) is 13.3. The van der Waals surface area contributed by atoms with Gasteiger partial charge in [0.1, 0.15) is 0 Å². The second kappa shape index (κ2) is 5.69. The van der Waals surface area contributed by atoms with E-state index in [1.165, 1.54) is 4.90 Å². The van der Waals surface area contributed by atoms with Crippen LogP contribution < -0.4 is 16.2 Å². The van der Waals surface area contributed by atoms with Crippen LogP contribution in [0.1, 0.15) is 10.4 Å². The van der Waals surface area contributed by atoms with E-state index < -0.39 is 0 Å². The second-order valence-electron chi connectivity index (χ2n) is 3.90. The summed E-state index contributed by atoms with van der Waals surface area (Å²) in [5.74, 6) is 5.20. The van der Waals surface area contributed by atoms with Crippen LogP contribution in [0, 0.1) is 0 Å². The largest absolute Gasteiger partial charge is 0.323 e. The van der Waals surface area contributed by atoms with Crippen molar-refractivity contribution in [2.75, 3.05) is 17.4 Å². The van der Waals surface area contributed by atoms with Gasteiger partial charge in [0.25, 0.3) is 5.91 Å². The highest BCUT2D eigenvalue weighted by Crippen LogP contribution is 2.23. The number of rotatable bonds is 3. The van der Waals surface area contributed by atoms with Crippen molar-refractivity contribution in [3.05, 3.63) is 53.3 Å². The average Bonchev–Trinajstić information content (AvgIpc) is 2.46. The molecule has 0 aliphatic heterocycles. The fourth-order valence-corrected chi connectivity index (χ4v) is 1.86. The molecule has 6 heteroatoms. The van der Waals surface area contributed by atoms with E-state index in [0.29, 0.717) is 16.3 Å². The van der Waals surface area contributed by atoms with Gasteiger partial charge in [0.05, 0.1) is 11.3 Å². The molecule has 0 aliphatic carbocycles. The van der Waals surface area contributed by atoms with Crippen LogP contribution in [0.25, 0.3) is 0 Å². The summed E-state index contributed by atoms with van der Waals surface area (Å²) in [5.41, 5.74) is 4.17. The summed E-state index contributed by atoms with van der Waals surface area (Å²) in [6.45, 7) is 0. The van der Waals surface area contributed by atoms with Gasteiger partial charge in [-0.3, -0.25) is 15.6 Å². The van der Waals surface area contributed by atoms with Crippen LogP contribution in [0.4, 0.5) is 11.4 Å². The van der Waals surface area contributed by atoms with Gasteiger partial charge in [-0.15, -0.1) is 0 Å². The minimum absolute atomic E-state index is 0.207. The summed E-state index contributed by atoms with van der Waals surface area (Å²) >= 11 is 5.92. The maximum atomic E-state index is 12.4. The van der Waals surface area contributed by atoms with Crippen molar-refractivity contribution in [1.29, 1.82) is 0 Å². The number of hydrogen-bond acceptors (Lipinski definition) is 4. The van der Waals surface area contributed by atoms with Gasteiger partial charge >= 0.3 is 0 Å². The molecule has 0 aliphatic rings. The monoisotopic (exact) mass is 276 g/mol. The van der Waals surface area contributed by atoms with Gasteiger partial charge in [-0.1, -0.05) is 11.6 Å². The molecular formula is C13H13ClN4O. The Morgan fingerprint density at radius 2 is 2.00 bits per heavy atom. The third kappa shape index (κ3) is 2.83. The Kier molecular flexibility index (Phi) is 3.99. The molecule has 98 valence electrons. The predicted octanol–water partition coefficient (Wildman–Crippen LogP) is 2.30. The smallest absolute Gasteiger partial charge is 0.260 e. The Morgan fingerprint density at radius 1 is 1.32 bits per heavy atom. The Bertz CT molecular complexity index is 588. The van der Waals surface area contributed by atoms with Crippen molar-refractivity contribution in [1.82, 2.24) is 4.98 Å². The summed E-state index contributed by atoms with van der Waals surface area (Å²) < 4.78 is 0. The van der Waals surface area contributed by atoms with Crippen LogP contribution in [-0.2, 0) is 0 Å². The molecule has 3 N–H and O–H groups in total. The minimum Gasteiger partial charge on any atom is -0.323 e. The summed E-state index contributed by atoms with van der Waals surface area (Å²) in [6.07, 6.45) is 3.25. The minimum atomic E-state index is -0.207. The van der Waals surface area contributed by atoms with Crippen molar-refractivity contribution in [3.8, 4) is 0 Å². The number of nitrogens with one attached hydrogen (secondary N) is 1. The number of nitrogens with zero attached hydrogens (tertiary/aromatic N) is 2. The summed E-state index contributed by atoms with van der Waals surface area (Å²) in [5, 5.41) is 0.477. The fraction of sp³-hybridized carbons (Fsp3) is 0.0769. The molecule has 1 aromatic heterocycles. The summed E-state index contributed by atoms with van der Waals surface area (Å²) in [6, 6.07) is 8.41. The number of hydrazine groups is 1. The number of pyridine rings is 1. The van der Waals surface area contributed by atoms with Crippen molar-refractivity contribution in [3.63, 3.8) is 0 Å². The lowest BCUT2D eigenvalue weighted by molar-refractivity contribution is 0.0993. The zero-order chi connectivity index (χ0) is 13.8. The van der Waals surface area contributed by atoms with Crippen molar-refractivity contribution in [2.45, 2.75) is 0 Å². The first-order valence-electron chi connectivity index (χ1n) is 5.57. The van der Waals surface area contributed by atoms with Gasteiger partial charge in [0.15, 0.2) is 0 Å². The molecule has 19 heavy (non-hydrogen) atoms. The molecule has 0 spiro atoms. The highest BCUT2D eigenvalue weighted by atomic mass is 35.5. The molecule has 0 unspecified atom stereocenters. The molecule has 2 aromatic rings. The first-order valence-corrected chi connectivity index (χ1v) is 5.95. The topological polar surface area (TPSA) is 71.2 Å². The SMILES string of the molecule is CN(C(=O)c1cc(Cl)ccc1NN)c1ccncc1. The summed E-state index contributed by atoms with van der Waals surface area (Å²) in [7, 11) is 1.68. The average molecular weight is 277 g/mol. The Hall–Kier alpha value is -2.11. The number of carbonyl (C=O) groups excluding carboxylic acids is 1. The maximum Gasteiger partial charge on any atom is 0.260 e. The number of amides is 1. The van der Waals surface area contributed by atoms with Crippen LogP contribution >= 0.6 is 11.6 Å². The molecule has 5 nitrogen and oxygen atoms in total. The lowest BCUT2D eigenvalue weighted by atomic mass is 10.1. The van der Waals surface area contributed by atoms with E-state index in [1.807, 2.05) is 0 Å². The van der Waals surface area contributed by atoms with Gasteiger partial charge in [-0.05, 0) is 30.3 Å². The summed E-state index contributed by atoms with van der Waals surface area (Å²) in [4.78, 5) is 17.9. The van der Waals surface area contributed by atoms with Crippen LogP contribution in [-0.4, -0.2) is 17.9 Å². The van der Waals surface area contributed by atoms with Crippen LogP contribution in [0.3, 0.4) is 0 Å². The van der Waals surface area contributed by atoms with E-state index >= 15 is 0 Å². The van der Waals surface area contributed by atoms with Gasteiger partial charge in [-0.25, -0.2) is 0 Å². The molecule has 0 atom stereocenters. The van der Waals surface area contributed by atoms with Gasteiger partial charge in [0.2, 0.25) is 0 Å². The zero-order valence-corrected chi connectivity index (χ0v) is 11.1. The maximum absolute atomic E-state index is 12.4. The number of aromatic nitrogens is 1. The predicted molar refractivity (Wildman–Crippen MR) is 76.2 cm³/mol. The van der Waals surface area contributed by atoms with Gasteiger partial charge in [0, 0.05) is 30.2 Å². The quantitative estimate of drug-likeness (QED) is 0.666. The first-order chi connectivity index (χ1) is 9.13. The van der Waals surface area contributed by atoms with E-state index in [0.717, 1.165) is 5.69 Å². The van der Waals surface area contributed by atoms with Crippen molar-refractivity contribution in [2.24, 2.45) is 5.84 Å². The van der Waals surface area contributed by atoms with E-state index in [9.17, 15) is 4.79 Å². The highest BCUT2D eigenvalue weighted by Gasteiger charge is 2.17. The third-order valence-electron chi connectivity index (χ3n) is 2.72. The number of anilines is 2. The number of carbonyl (C=O) groups is 1. The number of hydrogen-bond donors (Lipinski definition) is 2. The molecule has 0 saturated carbocycles. The Labute approximate surface area is 116 Å². The zero-order valence-electron chi connectivity index (χ0n) is 10.3. The number of nitrogens with two attached hydrogens (primary N) is 1. The molecule has 2 rings (SSSR count). The van der Waals surface area contributed by atoms with E-state index in [4.69, 9.17) is 17.4 Å². The van der Waals surface area contributed by atoms with Crippen LogP contribution in [0.15, 0.2) is 42.7 Å². The van der Waals surface area contributed by atoms with Gasteiger partial charge in [-0.2, -0.15) is 0 Å². The third-order valence-corrected chi connectivity index (χ3v) is 2.96. The normalized spacial score (nSPS) is 10.1. The molecule has 0 radical (unpaired) electrons. The fourth-order valence-electron chi connectivity index (χ4n) is 1.68. The number of halogens is 1. The molecule has 0 saturated heterocycles. The highest BCUT2D eigenvalue weighted by molar-refractivity contribution is 6.31. The Morgan fingerprint density at radius 3 is 2.63 bits per heavy atom. The number of nitrogen functional groups attached to an aromatic ring is 1. The van der Waals surface area contributed by atoms with Crippen LogP contribution in [0.2, 0.25) is 5.02 Å². The molecule has 0 bridgehead atoms. The number of benzene rings is 1. The molecule has 1 heterocycles. The molecule has 1 amide bonds. The molecule has 0 fully saturated rings. The van der Waals surface area contributed by atoms with Crippen molar-refractivity contribution < 1.29 is 4.79 Å². The van der Waals surface area contributed by atoms with Gasteiger partial charge < -0.3 is 10.3 Å². The Balaban J connectivity index is 2.37. The van der Waals surface area contributed by atoms with E-state index in [1.54, 1.807) is 49.8 Å². The lowest BCUT2D eigenvalue weighted by Gasteiger charge is -2.19. The second-order valence-corrected chi connectivity index (χ2v) is 4.34. The lowest BCUT2D eigenvalue weighted by Crippen LogP contribution is -2.27. The van der Waals surface area contributed by atoms with E-state index in [-0.39, 0.29) is 5.91 Å². The molecule has 1 aromatic carbocycles. The van der Waals surface area contributed by atoms with E-state index in [2.05, 4.69) is 10.4 Å². The molecular weight excluding hydrogens is 264 g/mol. The van der Waals surface area contributed by atoms with Crippen LogP contribution in [0.5, 0.6) is 0 Å².